The number of anilines is 1. The number of amides is 2. The van der Waals surface area contributed by atoms with Crippen molar-refractivity contribution in [2.24, 2.45) is 0 Å². The van der Waals surface area contributed by atoms with Gasteiger partial charge >= 0.3 is 5.97 Å². The van der Waals surface area contributed by atoms with Crippen LogP contribution >= 0.6 is 11.6 Å². The fourth-order valence-electron chi connectivity index (χ4n) is 1.84. The highest BCUT2D eigenvalue weighted by Crippen LogP contribution is 2.09. The molecule has 0 spiro atoms. The van der Waals surface area contributed by atoms with Gasteiger partial charge in [0.15, 0.2) is 6.10 Å². The van der Waals surface area contributed by atoms with E-state index in [0.29, 0.717) is 10.7 Å². The summed E-state index contributed by atoms with van der Waals surface area (Å²) in [5.74, 6) is -2.43. The molecule has 0 bridgehead atoms. The van der Waals surface area contributed by atoms with Crippen molar-refractivity contribution >= 4 is 35.1 Å². The highest BCUT2D eigenvalue weighted by Gasteiger charge is 2.19. The number of hydrogen-bond acceptors (Lipinski definition) is 5. The minimum absolute atomic E-state index is 0.0485. The van der Waals surface area contributed by atoms with Crippen molar-refractivity contribution in [2.75, 3.05) is 11.9 Å². The number of aromatic nitrogens is 1. The van der Waals surface area contributed by atoms with Gasteiger partial charge in [0.1, 0.15) is 18.1 Å². The lowest BCUT2D eigenvalue weighted by Gasteiger charge is -2.13. The lowest BCUT2D eigenvalue weighted by Crippen LogP contribution is -2.36. The molecule has 0 saturated heterocycles. The average Bonchev–Trinajstić information content (AvgIpc) is 2.61. The molecule has 0 radical (unpaired) electrons. The largest absolute Gasteiger partial charge is 0.451 e. The molecule has 2 aromatic rings. The van der Waals surface area contributed by atoms with Crippen LogP contribution in [0.5, 0.6) is 0 Å². The number of pyridine rings is 1. The first-order valence-corrected chi connectivity index (χ1v) is 7.88. The predicted molar refractivity (Wildman–Crippen MR) is 92.2 cm³/mol. The Hall–Kier alpha value is -3.00. The Morgan fingerprint density at radius 3 is 2.58 bits per heavy atom. The Morgan fingerprint density at radius 2 is 1.92 bits per heavy atom. The second-order valence-corrected chi connectivity index (χ2v) is 5.61. The molecule has 2 rings (SSSR count). The molecule has 136 valence electrons. The van der Waals surface area contributed by atoms with Crippen molar-refractivity contribution in [3.05, 3.63) is 59.1 Å². The van der Waals surface area contributed by atoms with Gasteiger partial charge in [-0.3, -0.25) is 19.4 Å². The molecule has 0 aliphatic carbocycles. The first-order valence-electron chi connectivity index (χ1n) is 7.51. The minimum atomic E-state index is -1.10. The van der Waals surface area contributed by atoms with E-state index in [1.807, 2.05) is 0 Å². The van der Waals surface area contributed by atoms with Crippen LogP contribution < -0.4 is 10.6 Å². The monoisotopic (exact) mass is 379 g/mol. The van der Waals surface area contributed by atoms with Gasteiger partial charge in [0, 0.05) is 16.9 Å². The molecule has 9 heteroatoms. The van der Waals surface area contributed by atoms with Gasteiger partial charge in [0.05, 0.1) is 0 Å². The Kier molecular flexibility index (Phi) is 6.62. The Balaban J connectivity index is 1.80. The fraction of sp³-hybridized carbons (Fsp3) is 0.176. The molecule has 0 aliphatic rings. The lowest BCUT2D eigenvalue weighted by atomic mass is 10.3. The summed E-state index contributed by atoms with van der Waals surface area (Å²) in [4.78, 5) is 39.3. The minimum Gasteiger partial charge on any atom is -0.451 e. The van der Waals surface area contributed by atoms with E-state index >= 15 is 0 Å². The van der Waals surface area contributed by atoms with Crippen LogP contribution in [0.25, 0.3) is 0 Å². The molecule has 26 heavy (non-hydrogen) atoms. The molecule has 0 saturated carbocycles. The summed E-state index contributed by atoms with van der Waals surface area (Å²) in [7, 11) is 0. The van der Waals surface area contributed by atoms with E-state index in [-0.39, 0.29) is 5.69 Å². The third kappa shape index (κ3) is 5.82. The molecule has 1 atom stereocenters. The third-order valence-electron chi connectivity index (χ3n) is 3.14. The SMILES string of the molecule is C[C@H](OC(=O)CNC(=O)c1cc(Cl)ccn1)C(=O)Nc1ccc(F)cc1. The van der Waals surface area contributed by atoms with Crippen molar-refractivity contribution in [3.8, 4) is 0 Å². The molecule has 7 nitrogen and oxygen atoms in total. The molecular weight excluding hydrogens is 365 g/mol. The molecule has 1 aromatic heterocycles. The number of hydrogen-bond donors (Lipinski definition) is 2. The molecule has 1 heterocycles. The maximum atomic E-state index is 12.8. The quantitative estimate of drug-likeness (QED) is 0.750. The van der Waals surface area contributed by atoms with Gasteiger partial charge in [-0.25, -0.2) is 4.39 Å². The average molecular weight is 380 g/mol. The van der Waals surface area contributed by atoms with Crippen LogP contribution in [0.3, 0.4) is 0 Å². The van der Waals surface area contributed by atoms with Crippen molar-refractivity contribution in [3.63, 3.8) is 0 Å². The molecule has 1 aromatic carbocycles. The number of nitrogens with zero attached hydrogens (tertiary/aromatic N) is 1. The summed E-state index contributed by atoms with van der Waals surface area (Å²) in [5.41, 5.74) is 0.409. The zero-order valence-corrected chi connectivity index (χ0v) is 14.4. The molecule has 0 unspecified atom stereocenters. The number of ether oxygens (including phenoxy) is 1. The van der Waals surface area contributed by atoms with Crippen LogP contribution in [0, 0.1) is 5.82 Å². The van der Waals surface area contributed by atoms with Gasteiger partial charge in [-0.05, 0) is 43.3 Å². The van der Waals surface area contributed by atoms with Crippen LogP contribution in [0.2, 0.25) is 5.02 Å². The van der Waals surface area contributed by atoms with Crippen LogP contribution in [0.4, 0.5) is 10.1 Å². The summed E-state index contributed by atoms with van der Waals surface area (Å²) in [6.45, 7) is 0.929. The summed E-state index contributed by atoms with van der Waals surface area (Å²) in [6.07, 6.45) is 0.256. The molecule has 2 amide bonds. The van der Waals surface area contributed by atoms with E-state index in [9.17, 15) is 18.8 Å². The van der Waals surface area contributed by atoms with Gasteiger partial charge in [-0.1, -0.05) is 11.6 Å². The number of esters is 1. The third-order valence-corrected chi connectivity index (χ3v) is 3.37. The van der Waals surface area contributed by atoms with Gasteiger partial charge in [-0.15, -0.1) is 0 Å². The smallest absolute Gasteiger partial charge is 0.326 e. The summed E-state index contributed by atoms with van der Waals surface area (Å²) in [6, 6.07) is 7.98. The number of carbonyl (C=O) groups excluding carboxylic acids is 3. The van der Waals surface area contributed by atoms with Crippen molar-refractivity contribution in [1.82, 2.24) is 10.3 Å². The Bertz CT molecular complexity index is 814. The number of benzene rings is 1. The van der Waals surface area contributed by atoms with Crippen LogP contribution in [-0.4, -0.2) is 35.4 Å². The maximum absolute atomic E-state index is 12.8. The molecule has 0 fully saturated rings. The standard InChI is InChI=1S/C17H15ClFN3O4/c1-10(16(24)22-13-4-2-12(19)3-5-13)26-15(23)9-21-17(25)14-8-11(18)6-7-20-14/h2-8,10H,9H2,1H3,(H,21,25)(H,22,24)/t10-/m0/s1. The zero-order valence-electron chi connectivity index (χ0n) is 13.7. The van der Waals surface area contributed by atoms with Crippen molar-refractivity contribution < 1.29 is 23.5 Å². The van der Waals surface area contributed by atoms with E-state index in [2.05, 4.69) is 15.6 Å². The van der Waals surface area contributed by atoms with Crippen molar-refractivity contribution in [2.45, 2.75) is 13.0 Å². The van der Waals surface area contributed by atoms with Crippen LogP contribution in [0.1, 0.15) is 17.4 Å². The second-order valence-electron chi connectivity index (χ2n) is 5.17. The molecule has 2 N–H and O–H groups in total. The predicted octanol–water partition coefficient (Wildman–Crippen LogP) is 2.17. The van der Waals surface area contributed by atoms with Gasteiger partial charge < -0.3 is 15.4 Å². The van der Waals surface area contributed by atoms with Crippen LogP contribution in [-0.2, 0) is 14.3 Å². The Labute approximate surface area is 153 Å². The zero-order chi connectivity index (χ0) is 19.1. The van der Waals surface area contributed by atoms with E-state index in [1.54, 1.807) is 0 Å². The summed E-state index contributed by atoms with van der Waals surface area (Å²) < 4.78 is 17.8. The van der Waals surface area contributed by atoms with Crippen LogP contribution in [0.15, 0.2) is 42.6 Å². The molecule has 0 aliphatic heterocycles. The number of carbonyl (C=O) groups is 3. The van der Waals surface area contributed by atoms with E-state index < -0.39 is 36.2 Å². The van der Waals surface area contributed by atoms with Gasteiger partial charge in [-0.2, -0.15) is 0 Å². The molecular formula is C17H15ClFN3O4. The summed E-state index contributed by atoms with van der Waals surface area (Å²) in [5, 5.41) is 5.13. The number of halogens is 2. The first-order chi connectivity index (χ1) is 12.3. The summed E-state index contributed by atoms with van der Waals surface area (Å²) >= 11 is 5.75. The highest BCUT2D eigenvalue weighted by molar-refractivity contribution is 6.30. The topological polar surface area (TPSA) is 97.4 Å². The van der Waals surface area contributed by atoms with Crippen molar-refractivity contribution in [1.29, 1.82) is 0 Å². The Morgan fingerprint density at radius 1 is 1.23 bits per heavy atom. The number of rotatable bonds is 6. The van der Waals surface area contributed by atoms with E-state index in [1.165, 1.54) is 49.5 Å². The fourth-order valence-corrected chi connectivity index (χ4v) is 2.00. The highest BCUT2D eigenvalue weighted by atomic mass is 35.5. The first kappa shape index (κ1) is 19.3. The lowest BCUT2D eigenvalue weighted by molar-refractivity contribution is -0.152. The number of nitrogens with one attached hydrogen (secondary N) is 2. The van der Waals surface area contributed by atoms with Gasteiger partial charge in [0.2, 0.25) is 0 Å². The maximum Gasteiger partial charge on any atom is 0.326 e. The second kappa shape index (κ2) is 8.91. The van der Waals surface area contributed by atoms with Gasteiger partial charge in [0.25, 0.3) is 11.8 Å². The normalized spacial score (nSPS) is 11.3. The van der Waals surface area contributed by atoms with E-state index in [4.69, 9.17) is 16.3 Å². The van der Waals surface area contributed by atoms with E-state index in [0.717, 1.165) is 0 Å².